The molecule has 2 nitrogen and oxygen atoms in total. The van der Waals surface area contributed by atoms with Crippen molar-refractivity contribution in [2.45, 2.75) is 24.7 Å². The molecule has 0 aromatic heterocycles. The number of hydrogen-bond acceptors (Lipinski definition) is 2. The lowest BCUT2D eigenvalue weighted by molar-refractivity contribution is 0.660. The van der Waals surface area contributed by atoms with Gasteiger partial charge in [-0.15, -0.1) is 0 Å². The van der Waals surface area contributed by atoms with Gasteiger partial charge < -0.3 is 9.80 Å². The molecular weight excluding hydrogens is 941 g/mol. The van der Waals surface area contributed by atoms with Crippen molar-refractivity contribution in [3.63, 3.8) is 0 Å². The van der Waals surface area contributed by atoms with Crippen LogP contribution in [0.5, 0.6) is 0 Å². The summed E-state index contributed by atoms with van der Waals surface area (Å²) in [6.45, 7) is 4.73. The van der Waals surface area contributed by atoms with Gasteiger partial charge in [-0.3, -0.25) is 0 Å². The molecule has 0 heterocycles. The largest absolute Gasteiger partial charge is 0.310 e. The molecule has 0 aliphatic heterocycles. The van der Waals surface area contributed by atoms with E-state index in [-0.39, 0.29) is 5.41 Å². The second-order valence-corrected chi connectivity index (χ2v) is 21.5. The SMILES string of the molecule is CC1(C)c2ccccc2-c2cc(N(c3ccccc3)c3ccc4c(c3-c3ccc(-c5ccccc5)cc3)C3(c5ccccc5-c5cc(-c6ccccc6)c(N(c6ccccc6)c6ccccc6)cc53)c3ccccc3-4)ccc21. The molecule has 12 aromatic rings. The molecule has 0 saturated carbocycles. The van der Waals surface area contributed by atoms with E-state index >= 15 is 0 Å². The molecule has 0 radical (unpaired) electrons. The van der Waals surface area contributed by atoms with E-state index in [2.05, 4.69) is 315 Å². The van der Waals surface area contributed by atoms with Crippen LogP contribution in [-0.4, -0.2) is 0 Å². The third kappa shape index (κ3) is 6.83. The van der Waals surface area contributed by atoms with Crippen LogP contribution >= 0.6 is 0 Å². The van der Waals surface area contributed by atoms with Crippen molar-refractivity contribution >= 4 is 34.1 Å². The van der Waals surface area contributed by atoms with E-state index in [0.717, 1.165) is 45.3 Å². The van der Waals surface area contributed by atoms with Gasteiger partial charge in [0, 0.05) is 39.3 Å². The van der Waals surface area contributed by atoms with Crippen molar-refractivity contribution in [2.75, 3.05) is 9.80 Å². The van der Waals surface area contributed by atoms with Crippen molar-refractivity contribution in [1.82, 2.24) is 0 Å². The Morgan fingerprint density at radius 1 is 0.244 bits per heavy atom. The van der Waals surface area contributed by atoms with Crippen molar-refractivity contribution in [2.24, 2.45) is 0 Å². The first-order valence-corrected chi connectivity index (χ1v) is 27.3. The quantitative estimate of drug-likeness (QED) is 0.142. The highest BCUT2D eigenvalue weighted by molar-refractivity contribution is 6.05. The Labute approximate surface area is 457 Å². The maximum atomic E-state index is 2.56. The van der Waals surface area contributed by atoms with E-state index < -0.39 is 5.41 Å². The summed E-state index contributed by atoms with van der Waals surface area (Å²) in [6, 6.07) is 109. The molecular formula is C76H54N2. The zero-order valence-electron chi connectivity index (χ0n) is 43.6. The molecule has 1 spiro atoms. The van der Waals surface area contributed by atoms with Gasteiger partial charge in [0.1, 0.15) is 0 Å². The van der Waals surface area contributed by atoms with Crippen LogP contribution in [0.25, 0.3) is 66.8 Å². The topological polar surface area (TPSA) is 6.48 Å². The third-order valence-corrected chi connectivity index (χ3v) is 17.1. The fraction of sp³-hybridized carbons (Fsp3) is 0.0526. The average molecular weight is 995 g/mol. The Bertz CT molecular complexity index is 4220. The number of nitrogens with zero attached hydrogens (tertiary/aromatic N) is 2. The van der Waals surface area contributed by atoms with E-state index in [1.54, 1.807) is 0 Å². The van der Waals surface area contributed by atoms with Crippen LogP contribution in [0.1, 0.15) is 47.2 Å². The summed E-state index contributed by atoms with van der Waals surface area (Å²) in [5.41, 5.74) is 28.3. The summed E-state index contributed by atoms with van der Waals surface area (Å²) < 4.78 is 0. The number of benzene rings is 12. The maximum absolute atomic E-state index is 2.56. The molecule has 0 N–H and O–H groups in total. The van der Waals surface area contributed by atoms with Crippen LogP contribution in [0.4, 0.5) is 34.1 Å². The van der Waals surface area contributed by atoms with Gasteiger partial charge in [-0.25, -0.2) is 0 Å². The van der Waals surface area contributed by atoms with E-state index in [0.29, 0.717) is 0 Å². The van der Waals surface area contributed by atoms with E-state index in [1.165, 1.54) is 89.0 Å². The van der Waals surface area contributed by atoms with Gasteiger partial charge in [-0.05, 0) is 156 Å². The highest BCUT2D eigenvalue weighted by Crippen LogP contribution is 2.67. The van der Waals surface area contributed by atoms with E-state index in [4.69, 9.17) is 0 Å². The van der Waals surface area contributed by atoms with Crippen LogP contribution in [0.3, 0.4) is 0 Å². The Hall–Kier alpha value is -9.76. The lowest BCUT2D eigenvalue weighted by Gasteiger charge is -2.36. The minimum atomic E-state index is -0.742. The van der Waals surface area contributed by atoms with Gasteiger partial charge in [0.15, 0.2) is 0 Å². The highest BCUT2D eigenvalue weighted by atomic mass is 15.2. The number of hydrogen-bond donors (Lipinski definition) is 0. The monoisotopic (exact) mass is 994 g/mol. The molecule has 1 atom stereocenters. The van der Waals surface area contributed by atoms with Gasteiger partial charge in [-0.1, -0.05) is 238 Å². The number of rotatable bonds is 9. The predicted octanol–water partition coefficient (Wildman–Crippen LogP) is 20.3. The van der Waals surface area contributed by atoms with Gasteiger partial charge in [0.25, 0.3) is 0 Å². The minimum absolute atomic E-state index is 0.126. The van der Waals surface area contributed by atoms with Gasteiger partial charge in [0.05, 0.1) is 16.8 Å². The summed E-state index contributed by atoms with van der Waals surface area (Å²) in [7, 11) is 0. The molecule has 3 aliphatic rings. The Morgan fingerprint density at radius 3 is 1.24 bits per heavy atom. The first-order chi connectivity index (χ1) is 38.5. The van der Waals surface area contributed by atoms with Crippen molar-refractivity contribution in [3.05, 3.63) is 325 Å². The molecule has 0 bridgehead atoms. The highest BCUT2D eigenvalue weighted by Gasteiger charge is 2.54. The van der Waals surface area contributed by atoms with Crippen LogP contribution in [0.15, 0.2) is 291 Å². The standard InChI is InChI=1S/C76H54N2/c1-75(2)66-37-21-18-35-60(66)64-48-58(44-46-67(64)75)78(57-32-16-7-17-33-57)71-47-45-62-59-34-19-22-38-68(59)76(74(62)73(71)54-42-40-52(41-43-54)51-24-8-3-9-25-51)69-39-23-20-36-61(69)65-49-63(53-26-10-4-11-27-53)72(50-70(65)76)77(55-28-12-5-13-29-55)56-30-14-6-15-31-56/h3-50H,1-2H3. The van der Waals surface area contributed by atoms with Crippen molar-refractivity contribution in [3.8, 4) is 66.8 Å². The molecule has 78 heavy (non-hydrogen) atoms. The molecule has 0 amide bonds. The van der Waals surface area contributed by atoms with E-state index in [9.17, 15) is 0 Å². The molecule has 3 aliphatic carbocycles. The van der Waals surface area contributed by atoms with Crippen molar-refractivity contribution in [1.29, 1.82) is 0 Å². The van der Waals surface area contributed by atoms with Crippen LogP contribution in [-0.2, 0) is 10.8 Å². The second kappa shape index (κ2) is 17.9. The third-order valence-electron chi connectivity index (χ3n) is 17.1. The summed E-state index contributed by atoms with van der Waals surface area (Å²) in [5.74, 6) is 0. The first kappa shape index (κ1) is 45.6. The fourth-order valence-electron chi connectivity index (χ4n) is 13.7. The van der Waals surface area contributed by atoms with Gasteiger partial charge in [-0.2, -0.15) is 0 Å². The molecule has 0 saturated heterocycles. The zero-order valence-corrected chi connectivity index (χ0v) is 43.6. The average Bonchev–Trinajstić information content (AvgIpc) is 2.41. The molecule has 368 valence electrons. The molecule has 2 heteroatoms. The molecule has 0 fully saturated rings. The van der Waals surface area contributed by atoms with Crippen molar-refractivity contribution < 1.29 is 0 Å². The Morgan fingerprint density at radius 2 is 0.667 bits per heavy atom. The minimum Gasteiger partial charge on any atom is -0.310 e. The maximum Gasteiger partial charge on any atom is 0.0733 e. The summed E-state index contributed by atoms with van der Waals surface area (Å²) in [5, 5.41) is 0. The number of fused-ring (bicyclic) bond motifs is 13. The lowest BCUT2D eigenvalue weighted by atomic mass is 9.68. The Balaban J connectivity index is 1.08. The normalized spacial score (nSPS) is 14.7. The van der Waals surface area contributed by atoms with E-state index in [1.807, 2.05) is 0 Å². The van der Waals surface area contributed by atoms with Gasteiger partial charge >= 0.3 is 0 Å². The van der Waals surface area contributed by atoms with Gasteiger partial charge in [0.2, 0.25) is 0 Å². The molecule has 1 unspecified atom stereocenters. The molecule has 12 aromatic carbocycles. The zero-order chi connectivity index (χ0) is 52.0. The lowest BCUT2D eigenvalue weighted by Crippen LogP contribution is -2.28. The fourth-order valence-corrected chi connectivity index (χ4v) is 13.7. The molecule has 15 rings (SSSR count). The van der Waals surface area contributed by atoms with Crippen LogP contribution < -0.4 is 9.80 Å². The summed E-state index contributed by atoms with van der Waals surface area (Å²) in [4.78, 5) is 5.00. The Kier molecular flexibility index (Phi) is 10.5. The smallest absolute Gasteiger partial charge is 0.0733 e. The first-order valence-electron chi connectivity index (χ1n) is 27.3. The second-order valence-electron chi connectivity index (χ2n) is 21.5. The summed E-state index contributed by atoms with van der Waals surface area (Å²) >= 11 is 0. The summed E-state index contributed by atoms with van der Waals surface area (Å²) in [6.07, 6.45) is 0. The van der Waals surface area contributed by atoms with Crippen LogP contribution in [0.2, 0.25) is 0 Å². The van der Waals surface area contributed by atoms with Crippen LogP contribution in [0, 0.1) is 0 Å². The number of anilines is 6. The number of para-hydroxylation sites is 3. The predicted molar refractivity (Wildman–Crippen MR) is 326 cm³/mol.